The van der Waals surface area contributed by atoms with Gasteiger partial charge in [0.2, 0.25) is 0 Å². The summed E-state index contributed by atoms with van der Waals surface area (Å²) >= 11 is 5.39. The van der Waals surface area contributed by atoms with E-state index in [2.05, 4.69) is 31.9 Å². The normalized spacial score (nSPS) is 11.5. The highest BCUT2D eigenvalue weighted by molar-refractivity contribution is 7.71. The van der Waals surface area contributed by atoms with E-state index < -0.39 is 0 Å². The predicted molar refractivity (Wildman–Crippen MR) is 73.3 cm³/mol. The minimum atomic E-state index is 0.720. The molecule has 3 aromatic rings. The Labute approximate surface area is 114 Å². The van der Waals surface area contributed by atoms with Crippen molar-refractivity contribution < 1.29 is 0 Å². The maximum Gasteiger partial charge on any atom is 0.179 e. The summed E-state index contributed by atoms with van der Waals surface area (Å²) in [5, 5.41) is 12.2. The van der Waals surface area contributed by atoms with Crippen molar-refractivity contribution in [2.75, 3.05) is 0 Å². The van der Waals surface area contributed by atoms with E-state index in [9.17, 15) is 0 Å². The highest BCUT2D eigenvalue weighted by Gasteiger charge is 2.13. The van der Waals surface area contributed by atoms with Gasteiger partial charge in [-0.15, -0.1) is 5.10 Å². The van der Waals surface area contributed by atoms with E-state index in [-0.39, 0.29) is 0 Å². The average Bonchev–Trinajstić information content (AvgIpc) is 3.06. The zero-order valence-electron chi connectivity index (χ0n) is 10.9. The Balaban J connectivity index is 2.00. The van der Waals surface area contributed by atoms with E-state index in [1.54, 1.807) is 10.9 Å². The summed E-state index contributed by atoms with van der Waals surface area (Å²) in [6.45, 7) is 3.56. The van der Waals surface area contributed by atoms with Gasteiger partial charge < -0.3 is 4.98 Å². The molecule has 3 rings (SSSR count). The predicted octanol–water partition coefficient (Wildman–Crippen LogP) is 1.29. The first-order chi connectivity index (χ1) is 9.20. The Morgan fingerprint density at radius 1 is 1.37 bits per heavy atom. The van der Waals surface area contributed by atoms with E-state index in [4.69, 9.17) is 12.2 Å². The van der Waals surface area contributed by atoms with Gasteiger partial charge in [-0.2, -0.15) is 5.10 Å². The minimum absolute atomic E-state index is 0.720. The van der Waals surface area contributed by atoms with Gasteiger partial charge in [-0.1, -0.05) is 12.1 Å². The number of nitrogens with zero attached hydrogens (tertiary/aromatic N) is 6. The molecule has 0 unspecified atom stereocenters. The van der Waals surface area contributed by atoms with Gasteiger partial charge >= 0.3 is 0 Å². The van der Waals surface area contributed by atoms with Crippen LogP contribution >= 0.6 is 12.2 Å². The Morgan fingerprint density at radius 2 is 2.21 bits per heavy atom. The number of hydrogen-bond donors (Lipinski definition) is 1. The zero-order valence-corrected chi connectivity index (χ0v) is 11.7. The monoisotopic (exact) mass is 277 g/mol. The van der Waals surface area contributed by atoms with Crippen LogP contribution in [0.15, 0.2) is 12.4 Å². The van der Waals surface area contributed by atoms with E-state index in [1.807, 2.05) is 17.9 Å². The fraction of sp³-hybridized carbons (Fsp3) is 0.455. The van der Waals surface area contributed by atoms with E-state index in [1.165, 1.54) is 0 Å². The molecule has 0 spiro atoms. The number of rotatable bonds is 4. The molecule has 3 heterocycles. The largest absolute Gasteiger partial charge is 0.328 e. The quantitative estimate of drug-likeness (QED) is 0.730. The minimum Gasteiger partial charge on any atom is -0.328 e. The number of hydrogen-bond acceptors (Lipinski definition) is 4. The molecule has 0 aliphatic carbocycles. The third-order valence-corrected chi connectivity index (χ3v) is 3.50. The summed E-state index contributed by atoms with van der Waals surface area (Å²) in [7, 11) is 1.94. The van der Waals surface area contributed by atoms with Crippen LogP contribution in [-0.4, -0.2) is 34.3 Å². The molecule has 3 aromatic heterocycles. The summed E-state index contributed by atoms with van der Waals surface area (Å²) in [6, 6.07) is 0. The number of aromatic nitrogens is 7. The fourth-order valence-corrected chi connectivity index (χ4v) is 2.57. The number of imidazole rings is 1. The zero-order chi connectivity index (χ0) is 13.4. The molecule has 0 aliphatic heterocycles. The van der Waals surface area contributed by atoms with Crippen LogP contribution in [0.3, 0.4) is 0 Å². The summed E-state index contributed by atoms with van der Waals surface area (Å²) in [6.07, 6.45) is 4.40. The SMILES string of the molecule is CCc1nn(C)c2c1[nH]c(=S)n2CCn1ccnn1. The van der Waals surface area contributed by atoms with Crippen LogP contribution in [0.25, 0.3) is 11.2 Å². The number of aromatic amines is 1. The van der Waals surface area contributed by atoms with Crippen LogP contribution in [0.5, 0.6) is 0 Å². The highest BCUT2D eigenvalue weighted by atomic mass is 32.1. The molecule has 0 aliphatic rings. The number of fused-ring (bicyclic) bond motifs is 1. The Kier molecular flexibility index (Phi) is 2.94. The van der Waals surface area contributed by atoms with Crippen molar-refractivity contribution in [2.24, 2.45) is 7.05 Å². The van der Waals surface area contributed by atoms with Gasteiger partial charge in [0, 0.05) is 19.8 Å². The van der Waals surface area contributed by atoms with Crippen molar-refractivity contribution in [3.05, 3.63) is 22.9 Å². The molecule has 0 radical (unpaired) electrons. The Hall–Kier alpha value is -1.96. The smallest absolute Gasteiger partial charge is 0.179 e. The maximum absolute atomic E-state index is 5.39. The van der Waals surface area contributed by atoms with Crippen molar-refractivity contribution in [1.82, 2.24) is 34.3 Å². The molecular weight excluding hydrogens is 262 g/mol. The van der Waals surface area contributed by atoms with Crippen molar-refractivity contribution in [1.29, 1.82) is 0 Å². The summed E-state index contributed by atoms with van der Waals surface area (Å²) in [5.41, 5.74) is 3.11. The molecule has 8 heteroatoms. The second kappa shape index (κ2) is 4.61. The molecule has 0 bridgehead atoms. The standard InChI is InChI=1S/C11H15N7S/c1-3-8-9-10(16(2)14-8)18(11(19)13-9)7-6-17-5-4-12-15-17/h4-5H,3,6-7H2,1-2H3,(H,13,19). The summed E-state index contributed by atoms with van der Waals surface area (Å²) in [5.74, 6) is 0. The van der Waals surface area contributed by atoms with Crippen LogP contribution in [0.2, 0.25) is 0 Å². The molecule has 0 saturated carbocycles. The molecular formula is C11H15N7S. The third-order valence-electron chi connectivity index (χ3n) is 3.18. The average molecular weight is 277 g/mol. The van der Waals surface area contributed by atoms with E-state index in [0.29, 0.717) is 0 Å². The first kappa shape index (κ1) is 12.1. The topological polar surface area (TPSA) is 69.2 Å². The van der Waals surface area contributed by atoms with Crippen molar-refractivity contribution in [3.8, 4) is 0 Å². The third kappa shape index (κ3) is 1.97. The second-order valence-electron chi connectivity index (χ2n) is 4.37. The Morgan fingerprint density at radius 3 is 2.89 bits per heavy atom. The number of aryl methyl sites for hydroxylation is 4. The molecule has 7 nitrogen and oxygen atoms in total. The summed E-state index contributed by atoms with van der Waals surface area (Å²) < 4.78 is 6.44. The van der Waals surface area contributed by atoms with Gasteiger partial charge in [-0.25, -0.2) is 0 Å². The van der Waals surface area contributed by atoms with Crippen LogP contribution in [0, 0.1) is 4.77 Å². The van der Waals surface area contributed by atoms with E-state index >= 15 is 0 Å². The molecule has 0 amide bonds. The van der Waals surface area contributed by atoms with Gasteiger partial charge in [0.05, 0.1) is 18.4 Å². The van der Waals surface area contributed by atoms with Gasteiger partial charge in [-0.3, -0.25) is 13.9 Å². The van der Waals surface area contributed by atoms with Gasteiger partial charge in [0.1, 0.15) is 5.52 Å². The molecule has 19 heavy (non-hydrogen) atoms. The van der Waals surface area contributed by atoms with Crippen molar-refractivity contribution >= 4 is 23.4 Å². The van der Waals surface area contributed by atoms with Gasteiger partial charge in [-0.05, 0) is 18.6 Å². The van der Waals surface area contributed by atoms with Crippen LogP contribution in [0.1, 0.15) is 12.6 Å². The number of nitrogens with one attached hydrogen (secondary N) is 1. The first-order valence-corrected chi connectivity index (χ1v) is 6.60. The van der Waals surface area contributed by atoms with Crippen LogP contribution in [0.4, 0.5) is 0 Å². The lowest BCUT2D eigenvalue weighted by Crippen LogP contribution is -2.10. The first-order valence-electron chi connectivity index (χ1n) is 6.19. The van der Waals surface area contributed by atoms with Gasteiger partial charge in [0.25, 0.3) is 0 Å². The molecule has 0 aromatic carbocycles. The molecule has 0 saturated heterocycles. The lowest BCUT2D eigenvalue weighted by Gasteiger charge is -2.04. The summed E-state index contributed by atoms with van der Waals surface area (Å²) in [4.78, 5) is 3.25. The second-order valence-corrected chi connectivity index (χ2v) is 4.76. The molecule has 0 fully saturated rings. The number of H-pyrrole nitrogens is 1. The fourth-order valence-electron chi connectivity index (χ4n) is 2.29. The maximum atomic E-state index is 5.39. The molecule has 0 atom stereocenters. The molecule has 1 N–H and O–H groups in total. The van der Waals surface area contributed by atoms with Crippen LogP contribution < -0.4 is 0 Å². The van der Waals surface area contributed by atoms with Crippen molar-refractivity contribution in [2.45, 2.75) is 26.4 Å². The van der Waals surface area contributed by atoms with E-state index in [0.717, 1.165) is 41.1 Å². The Bertz CT molecular complexity index is 746. The van der Waals surface area contributed by atoms with Crippen molar-refractivity contribution in [3.63, 3.8) is 0 Å². The van der Waals surface area contributed by atoms with Gasteiger partial charge in [0.15, 0.2) is 10.4 Å². The highest BCUT2D eigenvalue weighted by Crippen LogP contribution is 2.18. The lowest BCUT2D eigenvalue weighted by atomic mass is 10.3. The van der Waals surface area contributed by atoms with Crippen LogP contribution in [-0.2, 0) is 26.6 Å². The molecule has 100 valence electrons. The lowest BCUT2D eigenvalue weighted by molar-refractivity contribution is 0.517.